The molecular formula is C12H12FN3. The van der Waals surface area contributed by atoms with Crippen molar-refractivity contribution < 1.29 is 4.39 Å². The molecule has 1 aromatic carbocycles. The van der Waals surface area contributed by atoms with Crippen molar-refractivity contribution >= 4 is 0 Å². The van der Waals surface area contributed by atoms with Gasteiger partial charge in [0.25, 0.3) is 0 Å². The molecule has 0 spiro atoms. The van der Waals surface area contributed by atoms with Crippen LogP contribution < -0.4 is 0 Å². The second-order valence-electron chi connectivity index (χ2n) is 4.30. The molecule has 1 heterocycles. The average molecular weight is 217 g/mol. The third-order valence-electron chi connectivity index (χ3n) is 2.93. The number of benzene rings is 1. The highest BCUT2D eigenvalue weighted by Gasteiger charge is 2.26. The summed E-state index contributed by atoms with van der Waals surface area (Å²) < 4.78 is 15.0. The molecule has 0 amide bonds. The van der Waals surface area contributed by atoms with Crippen LogP contribution in [-0.4, -0.2) is 15.0 Å². The first kappa shape index (κ1) is 9.51. The highest BCUT2D eigenvalue weighted by molar-refractivity contribution is 5.34. The summed E-state index contributed by atoms with van der Waals surface area (Å²) in [6, 6.07) is 5.09. The SMILES string of the molecule is Cc1ccc(-n2cc(C3CC3)nn2)cc1F. The van der Waals surface area contributed by atoms with Crippen molar-refractivity contribution in [3.63, 3.8) is 0 Å². The van der Waals surface area contributed by atoms with Gasteiger partial charge in [-0.2, -0.15) is 0 Å². The summed E-state index contributed by atoms with van der Waals surface area (Å²) in [4.78, 5) is 0. The van der Waals surface area contributed by atoms with Crippen LogP contribution in [-0.2, 0) is 0 Å². The number of halogens is 1. The molecular weight excluding hydrogens is 205 g/mol. The van der Waals surface area contributed by atoms with Gasteiger partial charge in [-0.05, 0) is 37.5 Å². The lowest BCUT2D eigenvalue weighted by Crippen LogP contribution is -1.96. The third-order valence-corrected chi connectivity index (χ3v) is 2.93. The maximum Gasteiger partial charge on any atom is 0.128 e. The predicted octanol–water partition coefficient (Wildman–Crippen LogP) is 2.59. The van der Waals surface area contributed by atoms with Crippen LogP contribution in [0.3, 0.4) is 0 Å². The number of rotatable bonds is 2. The van der Waals surface area contributed by atoms with E-state index in [1.807, 2.05) is 12.3 Å². The number of aryl methyl sites for hydroxylation is 1. The van der Waals surface area contributed by atoms with Crippen molar-refractivity contribution in [1.29, 1.82) is 0 Å². The second kappa shape index (κ2) is 3.40. The first-order valence-corrected chi connectivity index (χ1v) is 5.43. The molecule has 3 rings (SSSR count). The molecule has 0 aliphatic heterocycles. The zero-order chi connectivity index (χ0) is 11.1. The van der Waals surface area contributed by atoms with E-state index < -0.39 is 0 Å². The molecule has 1 aliphatic carbocycles. The van der Waals surface area contributed by atoms with Crippen molar-refractivity contribution in [2.45, 2.75) is 25.7 Å². The average Bonchev–Trinajstić information content (AvgIpc) is 3.01. The lowest BCUT2D eigenvalue weighted by atomic mass is 10.2. The molecule has 0 unspecified atom stereocenters. The summed E-state index contributed by atoms with van der Waals surface area (Å²) in [5, 5.41) is 8.12. The summed E-state index contributed by atoms with van der Waals surface area (Å²) >= 11 is 0. The Bertz CT molecular complexity index is 529. The van der Waals surface area contributed by atoms with E-state index in [9.17, 15) is 4.39 Å². The van der Waals surface area contributed by atoms with Gasteiger partial charge in [-0.25, -0.2) is 9.07 Å². The number of aromatic nitrogens is 3. The van der Waals surface area contributed by atoms with Crippen molar-refractivity contribution in [1.82, 2.24) is 15.0 Å². The van der Waals surface area contributed by atoms with E-state index >= 15 is 0 Å². The van der Waals surface area contributed by atoms with E-state index in [0.29, 0.717) is 11.5 Å². The normalized spacial score (nSPS) is 15.4. The Balaban J connectivity index is 1.97. The molecule has 4 heteroatoms. The van der Waals surface area contributed by atoms with Crippen LogP contribution in [0, 0.1) is 12.7 Å². The second-order valence-corrected chi connectivity index (χ2v) is 4.30. The Labute approximate surface area is 92.9 Å². The first-order valence-electron chi connectivity index (χ1n) is 5.43. The lowest BCUT2D eigenvalue weighted by Gasteiger charge is -2.01. The summed E-state index contributed by atoms with van der Waals surface area (Å²) in [5.41, 5.74) is 2.38. The van der Waals surface area contributed by atoms with Gasteiger partial charge in [0.05, 0.1) is 17.6 Å². The van der Waals surface area contributed by atoms with E-state index in [1.54, 1.807) is 17.7 Å². The van der Waals surface area contributed by atoms with Crippen molar-refractivity contribution in [2.24, 2.45) is 0 Å². The first-order chi connectivity index (χ1) is 7.74. The van der Waals surface area contributed by atoms with Crippen molar-refractivity contribution in [2.75, 3.05) is 0 Å². The topological polar surface area (TPSA) is 30.7 Å². The van der Waals surface area contributed by atoms with Gasteiger partial charge in [0.15, 0.2) is 0 Å². The van der Waals surface area contributed by atoms with Gasteiger partial charge in [-0.15, -0.1) is 5.10 Å². The summed E-state index contributed by atoms with van der Waals surface area (Å²) in [5.74, 6) is 0.366. The molecule has 2 aromatic rings. The molecule has 1 fully saturated rings. The van der Waals surface area contributed by atoms with E-state index in [2.05, 4.69) is 10.3 Å². The molecule has 0 bridgehead atoms. The summed E-state index contributed by atoms with van der Waals surface area (Å²) in [7, 11) is 0. The smallest absolute Gasteiger partial charge is 0.128 e. The third kappa shape index (κ3) is 1.60. The van der Waals surface area contributed by atoms with Crippen LogP contribution >= 0.6 is 0 Å². The molecule has 3 nitrogen and oxygen atoms in total. The van der Waals surface area contributed by atoms with E-state index in [0.717, 1.165) is 11.4 Å². The molecule has 1 aromatic heterocycles. The maximum atomic E-state index is 13.4. The van der Waals surface area contributed by atoms with E-state index in [4.69, 9.17) is 0 Å². The monoisotopic (exact) mass is 217 g/mol. The minimum atomic E-state index is -0.207. The van der Waals surface area contributed by atoms with Gasteiger partial charge in [0, 0.05) is 5.92 Å². The molecule has 16 heavy (non-hydrogen) atoms. The van der Waals surface area contributed by atoms with Gasteiger partial charge in [0.2, 0.25) is 0 Å². The predicted molar refractivity (Wildman–Crippen MR) is 58.0 cm³/mol. The maximum absolute atomic E-state index is 13.4. The number of hydrogen-bond acceptors (Lipinski definition) is 2. The zero-order valence-electron chi connectivity index (χ0n) is 9.02. The molecule has 82 valence electrons. The lowest BCUT2D eigenvalue weighted by molar-refractivity contribution is 0.615. The van der Waals surface area contributed by atoms with Gasteiger partial charge in [-0.3, -0.25) is 0 Å². The van der Waals surface area contributed by atoms with Gasteiger partial charge < -0.3 is 0 Å². The van der Waals surface area contributed by atoms with Crippen LogP contribution in [0.1, 0.15) is 30.0 Å². The Morgan fingerprint density at radius 2 is 2.19 bits per heavy atom. The zero-order valence-corrected chi connectivity index (χ0v) is 9.02. The Morgan fingerprint density at radius 1 is 1.38 bits per heavy atom. The fraction of sp³-hybridized carbons (Fsp3) is 0.333. The van der Waals surface area contributed by atoms with Crippen LogP contribution in [0.4, 0.5) is 4.39 Å². The number of nitrogens with zero attached hydrogens (tertiary/aromatic N) is 3. The molecule has 0 N–H and O–H groups in total. The molecule has 0 saturated heterocycles. The minimum Gasteiger partial charge on any atom is -0.220 e. The standard InChI is InChI=1S/C12H12FN3/c1-8-2-5-10(6-11(8)13)16-7-12(14-15-16)9-3-4-9/h2,5-7,9H,3-4H2,1H3. The van der Waals surface area contributed by atoms with Crippen molar-refractivity contribution in [3.8, 4) is 5.69 Å². The van der Waals surface area contributed by atoms with Crippen LogP contribution in [0.2, 0.25) is 0 Å². The van der Waals surface area contributed by atoms with Gasteiger partial charge in [-0.1, -0.05) is 11.3 Å². The van der Waals surface area contributed by atoms with Crippen LogP contribution in [0.5, 0.6) is 0 Å². The van der Waals surface area contributed by atoms with E-state index in [-0.39, 0.29) is 5.82 Å². The fourth-order valence-electron chi connectivity index (χ4n) is 1.69. The molecule has 0 radical (unpaired) electrons. The van der Waals surface area contributed by atoms with Crippen LogP contribution in [0.15, 0.2) is 24.4 Å². The minimum absolute atomic E-state index is 0.207. The highest BCUT2D eigenvalue weighted by atomic mass is 19.1. The Kier molecular flexibility index (Phi) is 2.02. The summed E-state index contributed by atoms with van der Waals surface area (Å²) in [6.07, 6.45) is 4.28. The van der Waals surface area contributed by atoms with Crippen molar-refractivity contribution in [3.05, 3.63) is 41.5 Å². The Morgan fingerprint density at radius 3 is 2.88 bits per heavy atom. The quantitative estimate of drug-likeness (QED) is 0.774. The summed E-state index contributed by atoms with van der Waals surface area (Å²) in [6.45, 7) is 1.75. The van der Waals surface area contributed by atoms with Gasteiger partial charge in [0.1, 0.15) is 5.82 Å². The molecule has 1 saturated carbocycles. The van der Waals surface area contributed by atoms with Gasteiger partial charge >= 0.3 is 0 Å². The highest BCUT2D eigenvalue weighted by Crippen LogP contribution is 2.38. The van der Waals surface area contributed by atoms with Crippen LogP contribution in [0.25, 0.3) is 5.69 Å². The fourth-order valence-corrected chi connectivity index (χ4v) is 1.69. The molecule has 0 atom stereocenters. The Hall–Kier alpha value is -1.71. The largest absolute Gasteiger partial charge is 0.220 e. The molecule has 1 aliphatic rings. The van der Waals surface area contributed by atoms with E-state index in [1.165, 1.54) is 18.9 Å². The number of hydrogen-bond donors (Lipinski definition) is 0.